The van der Waals surface area contributed by atoms with Crippen molar-refractivity contribution in [3.63, 3.8) is 0 Å². The summed E-state index contributed by atoms with van der Waals surface area (Å²) in [5.41, 5.74) is 2.06. The molecule has 5 heteroatoms. The van der Waals surface area contributed by atoms with Gasteiger partial charge in [0.1, 0.15) is 4.88 Å². The first-order chi connectivity index (χ1) is 6.74. The molecule has 76 valence electrons. The van der Waals surface area contributed by atoms with Crippen LogP contribution in [0.3, 0.4) is 0 Å². The second kappa shape index (κ2) is 3.82. The normalized spacial score (nSPS) is 14.6. The summed E-state index contributed by atoms with van der Waals surface area (Å²) in [6, 6.07) is 0. The standard InChI is InChI=1S/C9H11NO2S2/c1-13-9-6-5(3-2-4-10-6)7(14-9)8(11)12/h10H,2-4H2,1H3,(H,11,12). The van der Waals surface area contributed by atoms with Gasteiger partial charge in [0.15, 0.2) is 0 Å². The largest absolute Gasteiger partial charge is 0.477 e. The predicted octanol–water partition coefficient (Wildman–Crippen LogP) is 2.53. The third kappa shape index (κ3) is 1.50. The van der Waals surface area contributed by atoms with Crippen LogP contribution < -0.4 is 5.32 Å². The Balaban J connectivity index is 2.52. The Hall–Kier alpha value is -0.680. The SMILES string of the molecule is CSc1sc(C(=O)O)c2c1NCCC2. The minimum absolute atomic E-state index is 0.511. The van der Waals surface area contributed by atoms with Gasteiger partial charge in [-0.05, 0) is 19.1 Å². The van der Waals surface area contributed by atoms with Crippen LogP contribution in [0.1, 0.15) is 21.7 Å². The number of hydrogen-bond donors (Lipinski definition) is 2. The van der Waals surface area contributed by atoms with Gasteiger partial charge < -0.3 is 10.4 Å². The maximum absolute atomic E-state index is 11.0. The summed E-state index contributed by atoms with van der Waals surface area (Å²) in [5, 5.41) is 12.3. The van der Waals surface area contributed by atoms with Crippen LogP contribution in [0, 0.1) is 0 Å². The highest BCUT2D eigenvalue weighted by molar-refractivity contribution is 8.00. The van der Waals surface area contributed by atoms with E-state index in [0.29, 0.717) is 4.88 Å². The fourth-order valence-corrected chi connectivity index (χ4v) is 3.53. The Bertz CT molecular complexity index is 373. The van der Waals surface area contributed by atoms with Crippen molar-refractivity contribution in [3.8, 4) is 0 Å². The summed E-state index contributed by atoms with van der Waals surface area (Å²) in [6.45, 7) is 0.955. The van der Waals surface area contributed by atoms with Crippen molar-refractivity contribution in [2.75, 3.05) is 18.1 Å². The van der Waals surface area contributed by atoms with Gasteiger partial charge >= 0.3 is 5.97 Å². The van der Waals surface area contributed by atoms with Gasteiger partial charge in [-0.15, -0.1) is 23.1 Å². The monoisotopic (exact) mass is 229 g/mol. The van der Waals surface area contributed by atoms with Crippen LogP contribution in [0.2, 0.25) is 0 Å². The van der Waals surface area contributed by atoms with Crippen molar-refractivity contribution >= 4 is 34.8 Å². The van der Waals surface area contributed by atoms with Gasteiger partial charge in [-0.2, -0.15) is 0 Å². The molecule has 2 rings (SSSR count). The molecule has 1 aliphatic heterocycles. The zero-order valence-electron chi connectivity index (χ0n) is 7.79. The van der Waals surface area contributed by atoms with Crippen LogP contribution >= 0.6 is 23.1 Å². The molecule has 0 aromatic carbocycles. The van der Waals surface area contributed by atoms with E-state index in [2.05, 4.69) is 5.32 Å². The van der Waals surface area contributed by atoms with Crippen molar-refractivity contribution in [2.45, 2.75) is 17.1 Å². The highest BCUT2D eigenvalue weighted by atomic mass is 32.2. The van der Waals surface area contributed by atoms with Gasteiger partial charge in [0.2, 0.25) is 0 Å². The predicted molar refractivity (Wildman–Crippen MR) is 59.9 cm³/mol. The van der Waals surface area contributed by atoms with E-state index in [1.54, 1.807) is 11.8 Å². The molecule has 0 spiro atoms. The van der Waals surface area contributed by atoms with E-state index in [4.69, 9.17) is 5.11 Å². The van der Waals surface area contributed by atoms with Gasteiger partial charge in [-0.3, -0.25) is 0 Å². The molecule has 2 heterocycles. The van der Waals surface area contributed by atoms with Crippen molar-refractivity contribution in [1.82, 2.24) is 0 Å². The highest BCUT2D eigenvalue weighted by Crippen LogP contribution is 2.41. The van der Waals surface area contributed by atoms with Gasteiger partial charge in [0, 0.05) is 12.1 Å². The second-order valence-corrected chi connectivity index (χ2v) is 5.21. The maximum Gasteiger partial charge on any atom is 0.346 e. The van der Waals surface area contributed by atoms with E-state index in [0.717, 1.165) is 34.8 Å². The van der Waals surface area contributed by atoms with Crippen molar-refractivity contribution in [2.24, 2.45) is 0 Å². The lowest BCUT2D eigenvalue weighted by Gasteiger charge is -2.15. The molecule has 0 aliphatic carbocycles. The Morgan fingerprint density at radius 3 is 3.07 bits per heavy atom. The fourth-order valence-electron chi connectivity index (χ4n) is 1.65. The summed E-state index contributed by atoms with van der Waals surface area (Å²) >= 11 is 3.00. The first-order valence-electron chi connectivity index (χ1n) is 4.41. The van der Waals surface area contributed by atoms with E-state index in [1.165, 1.54) is 11.3 Å². The van der Waals surface area contributed by atoms with Crippen molar-refractivity contribution < 1.29 is 9.90 Å². The lowest BCUT2D eigenvalue weighted by atomic mass is 10.1. The van der Waals surface area contributed by atoms with Gasteiger partial charge in [0.05, 0.1) is 9.90 Å². The number of thiophene rings is 1. The third-order valence-electron chi connectivity index (χ3n) is 2.26. The molecule has 0 radical (unpaired) electrons. The van der Waals surface area contributed by atoms with E-state index in [9.17, 15) is 4.79 Å². The number of fused-ring (bicyclic) bond motifs is 1. The molecule has 0 fully saturated rings. The Kier molecular flexibility index (Phi) is 2.69. The second-order valence-electron chi connectivity index (χ2n) is 3.11. The first-order valence-corrected chi connectivity index (χ1v) is 6.45. The number of hydrogen-bond acceptors (Lipinski definition) is 4. The molecule has 0 saturated carbocycles. The Labute approximate surface area is 90.5 Å². The van der Waals surface area contributed by atoms with Gasteiger partial charge in [0.25, 0.3) is 0 Å². The van der Waals surface area contributed by atoms with Gasteiger partial charge in [-0.25, -0.2) is 4.79 Å². The van der Waals surface area contributed by atoms with E-state index >= 15 is 0 Å². The lowest BCUT2D eigenvalue weighted by molar-refractivity contribution is 0.0701. The molecular formula is C9H11NO2S2. The molecule has 0 atom stereocenters. The molecule has 2 N–H and O–H groups in total. The zero-order chi connectivity index (χ0) is 10.1. The number of nitrogens with one attached hydrogen (secondary N) is 1. The average Bonchev–Trinajstić information content (AvgIpc) is 2.56. The minimum Gasteiger partial charge on any atom is -0.477 e. The molecule has 3 nitrogen and oxygen atoms in total. The van der Waals surface area contributed by atoms with Crippen LogP contribution in [0.5, 0.6) is 0 Å². The molecule has 0 bridgehead atoms. The number of carboxylic acids is 1. The van der Waals surface area contributed by atoms with Crippen LogP contribution in [-0.2, 0) is 6.42 Å². The maximum atomic E-state index is 11.0. The minimum atomic E-state index is -0.796. The van der Waals surface area contributed by atoms with Crippen LogP contribution in [0.15, 0.2) is 4.21 Å². The summed E-state index contributed by atoms with van der Waals surface area (Å²) in [6.07, 6.45) is 3.90. The third-order valence-corrected chi connectivity index (χ3v) is 4.60. The van der Waals surface area contributed by atoms with Crippen molar-refractivity contribution in [1.29, 1.82) is 0 Å². The van der Waals surface area contributed by atoms with E-state index in [-0.39, 0.29) is 0 Å². The van der Waals surface area contributed by atoms with E-state index in [1.807, 2.05) is 6.26 Å². The molecule has 0 saturated heterocycles. The number of thioether (sulfide) groups is 1. The molecular weight excluding hydrogens is 218 g/mol. The lowest BCUT2D eigenvalue weighted by Crippen LogP contribution is -2.12. The quantitative estimate of drug-likeness (QED) is 0.765. The molecule has 0 amide bonds. The fraction of sp³-hybridized carbons (Fsp3) is 0.444. The topological polar surface area (TPSA) is 49.3 Å². The van der Waals surface area contributed by atoms with Crippen LogP contribution in [0.25, 0.3) is 0 Å². The molecule has 1 aliphatic rings. The van der Waals surface area contributed by atoms with E-state index < -0.39 is 5.97 Å². The smallest absolute Gasteiger partial charge is 0.346 e. The number of carbonyl (C=O) groups is 1. The Morgan fingerprint density at radius 1 is 1.64 bits per heavy atom. The number of rotatable bonds is 2. The number of carboxylic acid groups (broad SMARTS) is 1. The number of anilines is 1. The Morgan fingerprint density at radius 2 is 2.43 bits per heavy atom. The molecule has 14 heavy (non-hydrogen) atoms. The summed E-state index contributed by atoms with van der Waals surface area (Å²) in [7, 11) is 0. The highest BCUT2D eigenvalue weighted by Gasteiger charge is 2.23. The van der Waals surface area contributed by atoms with Crippen LogP contribution in [0.4, 0.5) is 5.69 Å². The van der Waals surface area contributed by atoms with Gasteiger partial charge in [-0.1, -0.05) is 0 Å². The summed E-state index contributed by atoms with van der Waals surface area (Å²) in [4.78, 5) is 11.5. The summed E-state index contributed by atoms with van der Waals surface area (Å²) in [5.74, 6) is -0.796. The number of aromatic carboxylic acids is 1. The summed E-state index contributed by atoms with van der Waals surface area (Å²) < 4.78 is 1.09. The molecule has 1 aromatic heterocycles. The zero-order valence-corrected chi connectivity index (χ0v) is 9.43. The van der Waals surface area contributed by atoms with Crippen LogP contribution in [-0.4, -0.2) is 23.9 Å². The molecule has 1 aromatic rings. The first kappa shape index (κ1) is 9.86. The molecule has 0 unspecified atom stereocenters. The van der Waals surface area contributed by atoms with Crippen molar-refractivity contribution in [3.05, 3.63) is 10.4 Å². The average molecular weight is 229 g/mol.